The van der Waals surface area contributed by atoms with Crippen LogP contribution in [0.15, 0.2) is 82.6 Å². The summed E-state index contributed by atoms with van der Waals surface area (Å²) in [5, 5.41) is 0.592. The van der Waals surface area contributed by atoms with Gasteiger partial charge in [0.05, 0.1) is 20.9 Å². The lowest BCUT2D eigenvalue weighted by Gasteiger charge is -2.13. The third kappa shape index (κ3) is 5.99. The number of carbonyl (C=O) groups is 4. The van der Waals surface area contributed by atoms with E-state index in [2.05, 4.69) is 4.28 Å². The van der Waals surface area contributed by atoms with Gasteiger partial charge in [-0.05, 0) is 50.2 Å². The number of imide groups is 2. The maximum absolute atomic E-state index is 12.2. The molecule has 208 valence electrons. The molecule has 4 amide bonds. The molecule has 14 heteroatoms. The average molecular weight is 587 g/mol. The van der Waals surface area contributed by atoms with Crippen molar-refractivity contribution in [2.24, 2.45) is 0 Å². The molecule has 0 unspecified atom stereocenters. The second-order valence-corrected chi connectivity index (χ2v) is 11.8. The Hall–Kier alpha value is -4.24. The van der Waals surface area contributed by atoms with Crippen LogP contribution in [-0.4, -0.2) is 50.6 Å². The molecule has 1 fully saturated rings. The minimum absolute atomic E-state index is 0.0255. The number of hydrogen-bond acceptors (Lipinski definition) is 10. The van der Waals surface area contributed by atoms with E-state index in [0.29, 0.717) is 5.06 Å². The van der Waals surface area contributed by atoms with Crippen molar-refractivity contribution in [1.82, 2.24) is 10.1 Å². The number of benzene rings is 3. The predicted molar refractivity (Wildman–Crippen MR) is 137 cm³/mol. The number of aryl methyl sites for hydroxylation is 2. The van der Waals surface area contributed by atoms with Crippen LogP contribution < -0.4 is 0 Å². The molecule has 40 heavy (non-hydrogen) atoms. The van der Waals surface area contributed by atoms with Crippen LogP contribution in [0.1, 0.15) is 44.7 Å². The minimum Gasteiger partial charge on any atom is -0.272 e. The van der Waals surface area contributed by atoms with Crippen LogP contribution >= 0.6 is 0 Å². The van der Waals surface area contributed by atoms with E-state index in [9.17, 15) is 36.0 Å². The molecule has 5 rings (SSSR count). The molecule has 0 aliphatic carbocycles. The summed E-state index contributed by atoms with van der Waals surface area (Å²) in [5.41, 5.74) is 2.00. The molecule has 0 radical (unpaired) electrons. The summed E-state index contributed by atoms with van der Waals surface area (Å²) in [5.74, 6) is -2.88. The Morgan fingerprint density at radius 2 is 0.900 bits per heavy atom. The first-order chi connectivity index (χ1) is 18.8. The molecule has 0 saturated carbocycles. The molecule has 0 bridgehead atoms. The zero-order chi connectivity index (χ0) is 29.2. The van der Waals surface area contributed by atoms with Gasteiger partial charge in [-0.3, -0.25) is 19.2 Å². The van der Waals surface area contributed by atoms with Gasteiger partial charge in [0.15, 0.2) is 0 Å². The summed E-state index contributed by atoms with van der Waals surface area (Å²) in [6.45, 7) is 3.62. The Labute approximate surface area is 229 Å². The molecule has 3 aromatic rings. The molecule has 2 heterocycles. The topological polar surface area (TPSA) is 161 Å². The van der Waals surface area contributed by atoms with Crippen molar-refractivity contribution in [2.75, 3.05) is 0 Å². The largest absolute Gasteiger partial charge is 0.318 e. The Morgan fingerprint density at radius 3 is 1.27 bits per heavy atom. The van der Waals surface area contributed by atoms with Gasteiger partial charge in [0.25, 0.3) is 23.6 Å². The van der Waals surface area contributed by atoms with Crippen LogP contribution in [0.4, 0.5) is 0 Å². The lowest BCUT2D eigenvalue weighted by atomic mass is 10.1. The van der Waals surface area contributed by atoms with E-state index in [1.54, 1.807) is 43.3 Å². The van der Waals surface area contributed by atoms with Crippen LogP contribution in [0.2, 0.25) is 0 Å². The standard InChI is InChI=1S/C15H11NO5S.C11H11NO5S/c1-10-6-8-11(9-7-10)22(19,20)21-16-14(17)12-4-2-3-5-13(12)15(16)18;1-8-2-4-9(5-3-8)18(15,16)17-12-10(13)6-7-11(12)14/h2-9H,1H3;2-5H,6-7H2,1H3. The van der Waals surface area contributed by atoms with Gasteiger partial charge in [-0.2, -0.15) is 16.8 Å². The van der Waals surface area contributed by atoms with Crippen LogP contribution in [0.25, 0.3) is 0 Å². The number of nitrogens with zero attached hydrogens (tertiary/aromatic N) is 2. The highest BCUT2D eigenvalue weighted by Crippen LogP contribution is 2.25. The van der Waals surface area contributed by atoms with Crippen LogP contribution in [-0.2, 0) is 38.4 Å². The number of fused-ring (bicyclic) bond motifs is 1. The Morgan fingerprint density at radius 1 is 0.550 bits per heavy atom. The Bertz CT molecular complexity index is 1660. The fraction of sp³-hybridized carbons (Fsp3) is 0.154. The Balaban J connectivity index is 0.000000189. The molecule has 0 N–H and O–H groups in total. The smallest absolute Gasteiger partial charge is 0.272 e. The molecule has 3 aromatic carbocycles. The number of amides is 4. The second kappa shape index (κ2) is 11.1. The normalized spacial score (nSPS) is 15.2. The van der Waals surface area contributed by atoms with Crippen LogP contribution in [0.5, 0.6) is 0 Å². The molecule has 2 aliphatic rings. The summed E-state index contributed by atoms with van der Waals surface area (Å²) < 4.78 is 57.3. The van der Waals surface area contributed by atoms with Gasteiger partial charge in [-0.25, -0.2) is 0 Å². The second-order valence-electron chi connectivity index (χ2n) is 8.72. The third-order valence-electron chi connectivity index (χ3n) is 5.73. The van der Waals surface area contributed by atoms with Gasteiger partial charge in [0.2, 0.25) is 0 Å². The highest BCUT2D eigenvalue weighted by molar-refractivity contribution is 7.87. The van der Waals surface area contributed by atoms with E-state index < -0.39 is 43.9 Å². The molecule has 0 aromatic heterocycles. The van der Waals surface area contributed by atoms with E-state index in [1.807, 2.05) is 6.92 Å². The number of carbonyl (C=O) groups excluding carboxylic acids is 4. The summed E-state index contributed by atoms with van der Waals surface area (Å²) >= 11 is 0. The van der Waals surface area contributed by atoms with E-state index in [1.165, 1.54) is 36.4 Å². The summed E-state index contributed by atoms with van der Waals surface area (Å²) in [4.78, 5) is 46.5. The SMILES string of the molecule is Cc1ccc(S(=O)(=O)ON2C(=O)CCC2=O)cc1.Cc1ccc(S(=O)(=O)ON2C(=O)c3ccccc3C2=O)cc1. The lowest BCUT2D eigenvalue weighted by molar-refractivity contribution is -0.163. The zero-order valence-corrected chi connectivity index (χ0v) is 22.8. The molecule has 12 nitrogen and oxygen atoms in total. The van der Waals surface area contributed by atoms with Crippen molar-refractivity contribution in [3.8, 4) is 0 Å². The minimum atomic E-state index is -4.26. The van der Waals surface area contributed by atoms with Gasteiger partial charge in [0.1, 0.15) is 0 Å². The first kappa shape index (κ1) is 28.8. The zero-order valence-electron chi connectivity index (χ0n) is 21.1. The summed E-state index contributed by atoms with van der Waals surface area (Å²) in [6, 6.07) is 17.9. The summed E-state index contributed by atoms with van der Waals surface area (Å²) in [7, 11) is -8.40. The fourth-order valence-corrected chi connectivity index (χ4v) is 5.37. The highest BCUT2D eigenvalue weighted by Gasteiger charge is 2.40. The third-order valence-corrected chi connectivity index (χ3v) is 8.12. The van der Waals surface area contributed by atoms with Crippen molar-refractivity contribution in [2.45, 2.75) is 36.5 Å². The molecule has 0 atom stereocenters. The lowest BCUT2D eigenvalue weighted by Crippen LogP contribution is -2.32. The monoisotopic (exact) mass is 586 g/mol. The average Bonchev–Trinajstić information content (AvgIpc) is 3.35. The van der Waals surface area contributed by atoms with Crippen molar-refractivity contribution < 1.29 is 44.6 Å². The van der Waals surface area contributed by atoms with E-state index in [4.69, 9.17) is 4.28 Å². The van der Waals surface area contributed by atoms with Gasteiger partial charge >= 0.3 is 20.2 Å². The maximum Gasteiger partial charge on any atom is 0.318 e. The molecule has 0 spiro atoms. The number of hydrogen-bond donors (Lipinski definition) is 0. The fourth-order valence-electron chi connectivity index (χ4n) is 3.57. The van der Waals surface area contributed by atoms with Crippen molar-refractivity contribution in [3.63, 3.8) is 0 Å². The van der Waals surface area contributed by atoms with Crippen molar-refractivity contribution in [1.29, 1.82) is 0 Å². The molecule has 1 saturated heterocycles. The quantitative estimate of drug-likeness (QED) is 0.393. The highest BCUT2D eigenvalue weighted by atomic mass is 32.2. The molecular formula is C26H22N2O10S2. The van der Waals surface area contributed by atoms with E-state index in [0.717, 1.165) is 11.1 Å². The van der Waals surface area contributed by atoms with Crippen molar-refractivity contribution >= 4 is 43.9 Å². The first-order valence-corrected chi connectivity index (χ1v) is 14.5. The van der Waals surface area contributed by atoms with Crippen LogP contribution in [0.3, 0.4) is 0 Å². The first-order valence-electron chi connectivity index (χ1n) is 11.7. The summed E-state index contributed by atoms with van der Waals surface area (Å²) in [6.07, 6.45) is -0.0511. The van der Waals surface area contributed by atoms with Gasteiger partial charge in [0, 0.05) is 12.8 Å². The van der Waals surface area contributed by atoms with E-state index in [-0.39, 0.29) is 38.8 Å². The van der Waals surface area contributed by atoms with Gasteiger partial charge < -0.3 is 0 Å². The van der Waals surface area contributed by atoms with Crippen LogP contribution in [0, 0.1) is 13.8 Å². The molecule has 2 aliphatic heterocycles. The van der Waals surface area contributed by atoms with Gasteiger partial charge in [-0.15, -0.1) is 18.7 Å². The van der Waals surface area contributed by atoms with Gasteiger partial charge in [-0.1, -0.05) is 47.5 Å². The molecular weight excluding hydrogens is 564 g/mol. The van der Waals surface area contributed by atoms with E-state index >= 15 is 0 Å². The van der Waals surface area contributed by atoms with Crippen molar-refractivity contribution in [3.05, 3.63) is 95.1 Å². The number of rotatable bonds is 6. The predicted octanol–water partition coefficient (Wildman–Crippen LogP) is 2.68. The maximum atomic E-state index is 12.2. The number of hydroxylamine groups is 4. The Kier molecular flexibility index (Phi) is 7.98.